The maximum Gasteiger partial charge on any atom is 0.301 e. The highest BCUT2D eigenvalue weighted by Gasteiger charge is 2.49. The quantitative estimate of drug-likeness (QED) is 0.0368. The van der Waals surface area contributed by atoms with Crippen molar-refractivity contribution in [3.63, 3.8) is 0 Å². The zero-order valence-electron chi connectivity index (χ0n) is 26.0. The average Bonchev–Trinajstić information content (AvgIpc) is 3.75. The number of fused-ring (bicyclic) bond motifs is 1. The molecule has 1 N–H and O–H groups in total. The summed E-state index contributed by atoms with van der Waals surface area (Å²) in [6.45, 7) is 4.35. The number of benzene rings is 2. The molecule has 1 amide bonds. The van der Waals surface area contributed by atoms with Crippen LogP contribution in [-0.4, -0.2) is 50.1 Å². The summed E-state index contributed by atoms with van der Waals surface area (Å²) in [6, 6.07) is 15.9. The summed E-state index contributed by atoms with van der Waals surface area (Å²) in [5.74, 6) is -1.22. The number of imidazole rings is 1. The Morgan fingerprint density at radius 1 is 1.06 bits per heavy atom. The van der Waals surface area contributed by atoms with E-state index in [0.29, 0.717) is 56.4 Å². The minimum atomic E-state index is -1.08. The van der Waals surface area contributed by atoms with Gasteiger partial charge in [0.2, 0.25) is 5.13 Å². The first-order valence-corrected chi connectivity index (χ1v) is 16.9. The van der Waals surface area contributed by atoms with Crippen LogP contribution in [0.15, 0.2) is 76.8 Å². The number of aliphatic hydroxyl groups excluding tert-OH is 1. The fraction of sp³-hybridized carbons (Fsp3) is 0.265. The molecule has 1 atom stereocenters. The largest absolute Gasteiger partial charge is 0.505 e. The summed E-state index contributed by atoms with van der Waals surface area (Å²) < 4.78 is 28.0. The fourth-order valence-electron chi connectivity index (χ4n) is 5.49. The summed E-state index contributed by atoms with van der Waals surface area (Å²) in [6.07, 6.45) is 4.69. The van der Waals surface area contributed by atoms with Gasteiger partial charge in [0.25, 0.3) is 5.78 Å². The number of thioether (sulfide) groups is 1. The minimum absolute atomic E-state index is 0.127. The van der Waals surface area contributed by atoms with E-state index in [1.165, 1.54) is 29.8 Å². The lowest BCUT2D eigenvalue weighted by molar-refractivity contribution is -0.132. The lowest BCUT2D eigenvalue weighted by Crippen LogP contribution is -2.29. The highest BCUT2D eigenvalue weighted by atomic mass is 32.2. The zero-order chi connectivity index (χ0) is 33.1. The Morgan fingerprint density at radius 2 is 1.87 bits per heavy atom. The number of amides is 1. The predicted octanol–water partition coefficient (Wildman–Crippen LogP) is 7.13. The van der Waals surface area contributed by atoms with Crippen molar-refractivity contribution in [2.75, 3.05) is 18.6 Å². The highest BCUT2D eigenvalue weighted by molar-refractivity contribution is 8.00. The lowest BCUT2D eigenvalue weighted by Gasteiger charge is -2.23. The third kappa shape index (κ3) is 6.32. The molecule has 242 valence electrons. The van der Waals surface area contributed by atoms with Crippen LogP contribution in [0.5, 0.6) is 11.5 Å². The van der Waals surface area contributed by atoms with Crippen LogP contribution in [0, 0.1) is 12.7 Å². The topological polar surface area (TPSA) is 119 Å². The van der Waals surface area contributed by atoms with Crippen molar-refractivity contribution in [1.29, 1.82) is 0 Å². The van der Waals surface area contributed by atoms with Crippen LogP contribution in [0.4, 0.5) is 9.52 Å². The summed E-state index contributed by atoms with van der Waals surface area (Å²) in [5.41, 5.74) is 2.22. The molecule has 1 fully saturated rings. The molecule has 47 heavy (non-hydrogen) atoms. The molecule has 1 saturated heterocycles. The van der Waals surface area contributed by atoms with Gasteiger partial charge in [0, 0.05) is 11.9 Å². The van der Waals surface area contributed by atoms with Gasteiger partial charge in [-0.1, -0.05) is 73.2 Å². The maximum absolute atomic E-state index is 14.2. The molecule has 0 saturated carbocycles. The lowest BCUT2D eigenvalue weighted by atomic mass is 9.96. The van der Waals surface area contributed by atoms with Crippen molar-refractivity contribution in [3.05, 3.63) is 101 Å². The predicted molar refractivity (Wildman–Crippen MR) is 179 cm³/mol. The van der Waals surface area contributed by atoms with E-state index in [0.717, 1.165) is 30.6 Å². The summed E-state index contributed by atoms with van der Waals surface area (Å²) >= 11 is 2.36. The summed E-state index contributed by atoms with van der Waals surface area (Å²) in [5, 5.41) is 20.5. The molecule has 0 spiro atoms. The van der Waals surface area contributed by atoms with Gasteiger partial charge in [-0.2, -0.15) is 0 Å². The molecule has 1 aliphatic heterocycles. The van der Waals surface area contributed by atoms with Crippen LogP contribution in [-0.2, 0) is 15.3 Å². The first-order valence-electron chi connectivity index (χ1n) is 15.1. The number of hydrogen-bond donors (Lipinski definition) is 1. The maximum atomic E-state index is 14.2. The first-order chi connectivity index (χ1) is 22.8. The van der Waals surface area contributed by atoms with Crippen molar-refractivity contribution in [2.24, 2.45) is 0 Å². The molecule has 0 radical (unpaired) electrons. The number of rotatable bonds is 12. The number of ether oxygens (including phenoxy) is 2. The van der Waals surface area contributed by atoms with Gasteiger partial charge in [0.1, 0.15) is 17.2 Å². The molecule has 5 aromatic rings. The number of ketones is 1. The minimum Gasteiger partial charge on any atom is -0.505 e. The Bertz CT molecular complexity index is 1990. The van der Waals surface area contributed by atoms with Gasteiger partial charge in [0.15, 0.2) is 21.6 Å². The van der Waals surface area contributed by atoms with Gasteiger partial charge in [-0.05, 0) is 54.8 Å². The van der Waals surface area contributed by atoms with E-state index >= 15 is 0 Å². The number of Topliss-reactive ketones (excluding diaryl/α,β-unsaturated/α-hetero) is 1. The van der Waals surface area contributed by atoms with Crippen LogP contribution < -0.4 is 14.4 Å². The van der Waals surface area contributed by atoms with E-state index in [2.05, 4.69) is 22.1 Å². The van der Waals surface area contributed by atoms with Gasteiger partial charge in [0.05, 0.1) is 31.0 Å². The van der Waals surface area contributed by atoms with Gasteiger partial charge in [-0.3, -0.25) is 18.9 Å². The van der Waals surface area contributed by atoms with Crippen LogP contribution in [0.2, 0.25) is 0 Å². The van der Waals surface area contributed by atoms with Crippen molar-refractivity contribution < 1.29 is 28.6 Å². The van der Waals surface area contributed by atoms with Crippen LogP contribution in [0.25, 0.3) is 11.4 Å². The van der Waals surface area contributed by atoms with Gasteiger partial charge in [-0.15, -0.1) is 10.2 Å². The number of methoxy groups -OCH3 is 1. The number of carbonyl (C=O) groups excluding carboxylic acids is 2. The number of aromatic nitrogens is 4. The number of anilines is 1. The Hall–Kier alpha value is -4.75. The number of nitrogens with zero attached hydrogens (tertiary/aromatic N) is 5. The van der Waals surface area contributed by atoms with Crippen LogP contribution in [0.1, 0.15) is 54.7 Å². The normalized spacial score (nSPS) is 15.9. The third-order valence-corrected chi connectivity index (χ3v) is 9.90. The number of hydrogen-bond acceptors (Lipinski definition) is 10. The Morgan fingerprint density at radius 3 is 2.66 bits per heavy atom. The molecule has 0 bridgehead atoms. The molecule has 13 heteroatoms. The van der Waals surface area contributed by atoms with Gasteiger partial charge in [-0.25, -0.2) is 9.37 Å². The second kappa shape index (κ2) is 13.9. The van der Waals surface area contributed by atoms with E-state index < -0.39 is 17.7 Å². The molecule has 1 aliphatic rings. The monoisotopic (exact) mass is 673 g/mol. The van der Waals surface area contributed by atoms with Crippen molar-refractivity contribution in [2.45, 2.75) is 49.2 Å². The second-order valence-corrected chi connectivity index (χ2v) is 13.0. The smallest absolute Gasteiger partial charge is 0.301 e. The first kappa shape index (κ1) is 32.2. The van der Waals surface area contributed by atoms with E-state index in [1.807, 2.05) is 6.07 Å². The molecule has 4 heterocycles. The Balaban J connectivity index is 1.43. The zero-order valence-corrected chi connectivity index (χ0v) is 27.6. The number of pyridine rings is 1. The summed E-state index contributed by atoms with van der Waals surface area (Å²) in [4.78, 5) is 33.4. The number of aryl methyl sites for hydroxylation is 1. The molecule has 3 aromatic heterocycles. The SMILES string of the molecule is CCCCCOc1ccc(C2/C(=C(\O)c3c(C)nc4ccccn34)C(=O)C(=O)N2c2nnc(SCc3ccccc3F)s2)cc1OC. The Kier molecular flexibility index (Phi) is 9.55. The number of carbonyl (C=O) groups is 2. The molecular weight excluding hydrogens is 642 g/mol. The molecule has 6 rings (SSSR count). The van der Waals surface area contributed by atoms with E-state index in [4.69, 9.17) is 9.47 Å². The van der Waals surface area contributed by atoms with E-state index in [-0.39, 0.29) is 22.3 Å². The van der Waals surface area contributed by atoms with Crippen LogP contribution >= 0.6 is 23.1 Å². The third-order valence-electron chi connectivity index (χ3n) is 7.79. The summed E-state index contributed by atoms with van der Waals surface area (Å²) in [7, 11) is 1.51. The molecule has 1 unspecified atom stereocenters. The Labute approximate surface area is 278 Å². The highest BCUT2D eigenvalue weighted by Crippen LogP contribution is 2.46. The number of halogens is 1. The molecule has 0 aliphatic carbocycles. The van der Waals surface area contributed by atoms with E-state index in [1.54, 1.807) is 66.1 Å². The van der Waals surface area contributed by atoms with Crippen molar-refractivity contribution in [1.82, 2.24) is 19.6 Å². The molecule has 10 nitrogen and oxygen atoms in total. The number of unbranched alkanes of at least 4 members (excludes halogenated alkanes) is 2. The molecule has 2 aromatic carbocycles. The average molecular weight is 674 g/mol. The van der Waals surface area contributed by atoms with Gasteiger partial charge >= 0.3 is 5.91 Å². The molecular formula is C34H32FN5O5S2. The fourth-order valence-corrected chi connectivity index (χ4v) is 7.35. The van der Waals surface area contributed by atoms with Crippen molar-refractivity contribution in [3.8, 4) is 11.5 Å². The second-order valence-electron chi connectivity index (χ2n) is 10.8. The van der Waals surface area contributed by atoms with E-state index in [9.17, 15) is 19.1 Å². The van der Waals surface area contributed by atoms with Crippen molar-refractivity contribution >= 4 is 51.3 Å². The van der Waals surface area contributed by atoms with Gasteiger partial charge < -0.3 is 14.6 Å². The number of aliphatic hydroxyl groups is 1. The standard InChI is InChI=1S/C34H32FN5O5S2/c1-4-5-10-17-45-24-15-14-21(18-25(24)44-3)29-27(30(41)28-20(2)36-26-13-8-9-16-39(26)28)31(42)32(43)40(29)33-37-38-34(47-33)46-19-22-11-6-7-12-23(22)35/h6-9,11-16,18,29,41H,4-5,10,17,19H2,1-3H3/b30-27+. The van der Waals surface area contributed by atoms with Crippen LogP contribution in [0.3, 0.4) is 0 Å².